The van der Waals surface area contributed by atoms with Crippen molar-refractivity contribution in [2.75, 3.05) is 57.8 Å². The van der Waals surface area contributed by atoms with Gasteiger partial charge in [-0.1, -0.05) is 30.3 Å². The van der Waals surface area contributed by atoms with Crippen LogP contribution in [0.2, 0.25) is 0 Å². The molecule has 0 radical (unpaired) electrons. The molecule has 1 aromatic carbocycles. The Kier molecular flexibility index (Phi) is 8.28. The molecule has 8 heteroatoms. The number of ether oxygens (including phenoxy) is 1. The predicted octanol–water partition coefficient (Wildman–Crippen LogP) is 2.82. The lowest BCUT2D eigenvalue weighted by Crippen LogP contribution is -2.45. The normalized spacial score (nSPS) is 20.9. The SMILES string of the molecule is CN1CCCC1COc1nc(N2CCNCC2)c2c(c1C#N)CN(Cc1ccccc1)CC2.Cl. The fourth-order valence-electron chi connectivity index (χ4n) is 5.34. The average molecular weight is 483 g/mol. The van der Waals surface area contributed by atoms with Crippen LogP contribution >= 0.6 is 12.4 Å². The number of halogens is 1. The first kappa shape index (κ1) is 24.7. The first-order valence-corrected chi connectivity index (χ1v) is 12.2. The summed E-state index contributed by atoms with van der Waals surface area (Å²) in [5.74, 6) is 1.55. The molecule has 2 saturated heterocycles. The van der Waals surface area contributed by atoms with Gasteiger partial charge in [-0.3, -0.25) is 4.90 Å². The van der Waals surface area contributed by atoms with E-state index >= 15 is 0 Å². The lowest BCUT2D eigenvalue weighted by molar-refractivity contribution is 0.191. The molecule has 4 heterocycles. The van der Waals surface area contributed by atoms with Crippen LogP contribution in [0.5, 0.6) is 5.88 Å². The Morgan fingerprint density at radius 2 is 1.91 bits per heavy atom. The molecule has 7 nitrogen and oxygen atoms in total. The molecule has 2 aromatic rings. The zero-order chi connectivity index (χ0) is 22.6. The van der Waals surface area contributed by atoms with Gasteiger partial charge < -0.3 is 19.9 Å². The number of anilines is 1. The number of rotatable bonds is 6. The summed E-state index contributed by atoms with van der Waals surface area (Å²) in [5.41, 5.74) is 4.28. The van der Waals surface area contributed by atoms with Crippen LogP contribution in [0.3, 0.4) is 0 Å². The van der Waals surface area contributed by atoms with Crippen molar-refractivity contribution in [3.05, 3.63) is 52.6 Å². The van der Waals surface area contributed by atoms with E-state index < -0.39 is 0 Å². The summed E-state index contributed by atoms with van der Waals surface area (Å²) in [4.78, 5) is 12.2. The van der Waals surface area contributed by atoms with Gasteiger partial charge in [0.2, 0.25) is 5.88 Å². The number of nitrogens with zero attached hydrogens (tertiary/aromatic N) is 5. The lowest BCUT2D eigenvalue weighted by Gasteiger charge is -2.35. The maximum Gasteiger partial charge on any atom is 0.234 e. The maximum atomic E-state index is 10.2. The summed E-state index contributed by atoms with van der Waals surface area (Å²) in [6.45, 7) is 8.10. The minimum atomic E-state index is 0. The van der Waals surface area contributed by atoms with Gasteiger partial charge in [0.1, 0.15) is 24.1 Å². The second-order valence-corrected chi connectivity index (χ2v) is 9.46. The highest BCUT2D eigenvalue weighted by atomic mass is 35.5. The molecule has 0 aliphatic carbocycles. The molecular weight excluding hydrogens is 448 g/mol. The van der Waals surface area contributed by atoms with Crippen LogP contribution in [-0.4, -0.2) is 73.7 Å². The lowest BCUT2D eigenvalue weighted by atomic mass is 9.95. The molecule has 2 fully saturated rings. The average Bonchev–Trinajstić information content (AvgIpc) is 3.27. The van der Waals surface area contributed by atoms with Crippen molar-refractivity contribution in [1.82, 2.24) is 20.1 Å². The van der Waals surface area contributed by atoms with E-state index in [0.29, 0.717) is 24.1 Å². The number of aromatic nitrogens is 1. The van der Waals surface area contributed by atoms with Crippen molar-refractivity contribution in [3.8, 4) is 11.9 Å². The molecule has 5 rings (SSSR count). The number of fused-ring (bicyclic) bond motifs is 1. The quantitative estimate of drug-likeness (QED) is 0.679. The van der Waals surface area contributed by atoms with Crippen LogP contribution < -0.4 is 15.0 Å². The highest BCUT2D eigenvalue weighted by molar-refractivity contribution is 5.85. The summed E-state index contributed by atoms with van der Waals surface area (Å²) < 4.78 is 6.30. The number of piperazine rings is 1. The van der Waals surface area contributed by atoms with Crippen LogP contribution in [-0.2, 0) is 19.5 Å². The van der Waals surface area contributed by atoms with E-state index in [1.54, 1.807) is 0 Å². The van der Waals surface area contributed by atoms with Gasteiger partial charge in [-0.15, -0.1) is 12.4 Å². The highest BCUT2D eigenvalue weighted by Gasteiger charge is 2.30. The molecule has 34 heavy (non-hydrogen) atoms. The smallest absolute Gasteiger partial charge is 0.234 e. The van der Waals surface area contributed by atoms with E-state index in [-0.39, 0.29) is 12.4 Å². The summed E-state index contributed by atoms with van der Waals surface area (Å²) in [5, 5.41) is 13.6. The Hall–Kier alpha value is -2.37. The van der Waals surface area contributed by atoms with Gasteiger partial charge >= 0.3 is 0 Å². The van der Waals surface area contributed by atoms with Gasteiger partial charge in [0.05, 0.1) is 0 Å². The topological polar surface area (TPSA) is 67.7 Å². The van der Waals surface area contributed by atoms with Crippen LogP contribution in [0.4, 0.5) is 5.82 Å². The van der Waals surface area contributed by atoms with Crippen molar-refractivity contribution >= 4 is 18.2 Å². The van der Waals surface area contributed by atoms with Gasteiger partial charge in [-0.05, 0) is 44.0 Å². The predicted molar refractivity (Wildman–Crippen MR) is 137 cm³/mol. The van der Waals surface area contributed by atoms with E-state index in [1.165, 1.54) is 17.5 Å². The standard InChI is InChI=1S/C26H34N6O.ClH/c1-30-12-5-8-21(30)19-33-26-23(16-27)24-18-31(17-20-6-3-2-4-7-20)13-9-22(24)25(29-26)32-14-10-28-11-15-32;/h2-4,6-7,21,28H,5,8-15,17-19H2,1H3;1H. The Labute approximate surface area is 209 Å². The van der Waals surface area contributed by atoms with Gasteiger partial charge in [0.15, 0.2) is 0 Å². The number of nitriles is 1. The number of likely N-dealkylation sites (tertiary alicyclic amines) is 1. The molecule has 182 valence electrons. The van der Waals surface area contributed by atoms with Gasteiger partial charge in [0, 0.05) is 57.4 Å². The van der Waals surface area contributed by atoms with Crippen molar-refractivity contribution in [2.45, 2.75) is 38.4 Å². The van der Waals surface area contributed by atoms with E-state index in [1.807, 2.05) is 0 Å². The monoisotopic (exact) mass is 482 g/mol. The largest absolute Gasteiger partial charge is 0.475 e. The summed E-state index contributed by atoms with van der Waals surface area (Å²) in [7, 11) is 2.15. The van der Waals surface area contributed by atoms with E-state index in [0.717, 1.165) is 76.6 Å². The molecule has 1 unspecified atom stereocenters. The zero-order valence-corrected chi connectivity index (χ0v) is 20.8. The summed E-state index contributed by atoms with van der Waals surface area (Å²) in [6.07, 6.45) is 3.25. The minimum absolute atomic E-state index is 0. The molecule has 3 aliphatic heterocycles. The number of likely N-dealkylation sites (N-methyl/N-ethyl adjacent to an activating group) is 1. The summed E-state index contributed by atoms with van der Waals surface area (Å²) >= 11 is 0. The van der Waals surface area contributed by atoms with Crippen LogP contribution in [0, 0.1) is 11.3 Å². The maximum absolute atomic E-state index is 10.2. The Morgan fingerprint density at radius 3 is 2.62 bits per heavy atom. The third-order valence-corrected chi connectivity index (χ3v) is 7.28. The molecule has 1 N–H and O–H groups in total. The van der Waals surface area contributed by atoms with Gasteiger partial charge in [0.25, 0.3) is 0 Å². The molecule has 0 saturated carbocycles. The summed E-state index contributed by atoms with van der Waals surface area (Å²) in [6, 6.07) is 13.4. The molecule has 1 atom stereocenters. The Morgan fingerprint density at radius 1 is 1.12 bits per heavy atom. The first-order chi connectivity index (χ1) is 16.2. The molecule has 0 amide bonds. The third-order valence-electron chi connectivity index (χ3n) is 7.28. The van der Waals surface area contributed by atoms with E-state index in [2.05, 4.69) is 63.5 Å². The van der Waals surface area contributed by atoms with E-state index in [4.69, 9.17) is 9.72 Å². The fraction of sp³-hybridized carbons (Fsp3) is 0.538. The first-order valence-electron chi connectivity index (χ1n) is 12.2. The molecule has 1 aromatic heterocycles. The Balaban J connectivity index is 0.00000274. The third kappa shape index (κ3) is 5.31. The van der Waals surface area contributed by atoms with Crippen LogP contribution in [0.15, 0.2) is 30.3 Å². The number of hydrogen-bond acceptors (Lipinski definition) is 7. The number of nitrogens with one attached hydrogen (secondary N) is 1. The van der Waals surface area contributed by atoms with Crippen molar-refractivity contribution in [3.63, 3.8) is 0 Å². The van der Waals surface area contributed by atoms with Crippen LogP contribution in [0.1, 0.15) is 35.1 Å². The zero-order valence-electron chi connectivity index (χ0n) is 20.0. The van der Waals surface area contributed by atoms with Crippen LogP contribution in [0.25, 0.3) is 0 Å². The second kappa shape index (κ2) is 11.4. The van der Waals surface area contributed by atoms with Crippen molar-refractivity contribution < 1.29 is 4.74 Å². The minimum Gasteiger partial charge on any atom is -0.475 e. The Bertz CT molecular complexity index is 1000. The van der Waals surface area contributed by atoms with Gasteiger partial charge in [-0.2, -0.15) is 10.2 Å². The highest BCUT2D eigenvalue weighted by Crippen LogP contribution is 2.35. The number of hydrogen-bond donors (Lipinski definition) is 1. The molecule has 0 spiro atoms. The molecular formula is C26H35ClN6O. The second-order valence-electron chi connectivity index (χ2n) is 9.46. The van der Waals surface area contributed by atoms with E-state index in [9.17, 15) is 5.26 Å². The van der Waals surface area contributed by atoms with Crippen molar-refractivity contribution in [2.24, 2.45) is 0 Å². The number of pyridine rings is 1. The fourth-order valence-corrected chi connectivity index (χ4v) is 5.34. The van der Waals surface area contributed by atoms with Gasteiger partial charge in [-0.25, -0.2) is 0 Å². The molecule has 3 aliphatic rings. The number of benzene rings is 1. The molecule has 0 bridgehead atoms. The van der Waals surface area contributed by atoms with Crippen molar-refractivity contribution in [1.29, 1.82) is 5.26 Å².